The summed E-state index contributed by atoms with van der Waals surface area (Å²) in [4.78, 5) is 14.7. The Morgan fingerprint density at radius 2 is 2.00 bits per heavy atom. The number of rotatable bonds is 3. The Morgan fingerprint density at radius 1 is 1.21 bits per heavy atom. The van der Waals surface area contributed by atoms with E-state index in [1.165, 1.54) is 4.88 Å². The average Bonchev–Trinajstić information content (AvgIpc) is 3.04. The number of carbonyl (C=O) groups is 1. The van der Waals surface area contributed by atoms with Crippen LogP contribution in [0.4, 0.5) is 0 Å². The van der Waals surface area contributed by atoms with Gasteiger partial charge in [0.2, 0.25) is 5.78 Å². The Hall–Kier alpha value is -1.87. The van der Waals surface area contributed by atoms with E-state index in [4.69, 9.17) is 0 Å². The molecule has 0 spiro atoms. The molecule has 3 aromatic rings. The van der Waals surface area contributed by atoms with Gasteiger partial charge in [0, 0.05) is 34.6 Å². The molecule has 19 heavy (non-hydrogen) atoms. The molecule has 0 radical (unpaired) electrons. The van der Waals surface area contributed by atoms with Gasteiger partial charge in [-0.2, -0.15) is 0 Å². The summed E-state index contributed by atoms with van der Waals surface area (Å²) in [5, 5.41) is 1.03. The van der Waals surface area contributed by atoms with Gasteiger partial charge in [-0.3, -0.25) is 4.79 Å². The number of carbonyl (C=O) groups excluding carboxylic acids is 1. The average molecular weight is 269 g/mol. The van der Waals surface area contributed by atoms with Gasteiger partial charge in [-0.25, -0.2) is 0 Å². The van der Waals surface area contributed by atoms with Gasteiger partial charge in [0.05, 0.1) is 4.88 Å². The van der Waals surface area contributed by atoms with Crippen molar-refractivity contribution in [3.8, 4) is 0 Å². The molecule has 3 rings (SSSR count). The van der Waals surface area contributed by atoms with E-state index in [1.807, 2.05) is 54.2 Å². The van der Waals surface area contributed by atoms with Crippen molar-refractivity contribution in [3.05, 3.63) is 57.9 Å². The molecule has 0 fully saturated rings. The number of thiophene rings is 1. The molecule has 2 heterocycles. The molecule has 96 valence electrons. The molecule has 0 saturated heterocycles. The molecule has 0 aliphatic carbocycles. The molecular formula is C16H15NOS. The Kier molecular flexibility index (Phi) is 2.99. The highest BCUT2D eigenvalue weighted by molar-refractivity contribution is 7.14. The summed E-state index contributed by atoms with van der Waals surface area (Å²) in [7, 11) is 1.98. The highest BCUT2D eigenvalue weighted by Gasteiger charge is 2.16. The minimum absolute atomic E-state index is 0.126. The fourth-order valence-electron chi connectivity index (χ4n) is 2.35. The topological polar surface area (TPSA) is 22.0 Å². The van der Waals surface area contributed by atoms with Crippen molar-refractivity contribution in [3.63, 3.8) is 0 Å². The maximum atomic E-state index is 12.6. The van der Waals surface area contributed by atoms with E-state index in [0.29, 0.717) is 0 Å². The molecule has 0 unspecified atom stereocenters. The van der Waals surface area contributed by atoms with Crippen molar-refractivity contribution in [1.82, 2.24) is 4.57 Å². The fraction of sp³-hybridized carbons (Fsp3) is 0.188. The van der Waals surface area contributed by atoms with Crippen molar-refractivity contribution >= 4 is 28.0 Å². The number of para-hydroxylation sites is 1. The summed E-state index contributed by atoms with van der Waals surface area (Å²) in [5.41, 5.74) is 1.89. The lowest BCUT2D eigenvalue weighted by molar-refractivity contribution is 0.104. The summed E-state index contributed by atoms with van der Waals surface area (Å²) < 4.78 is 2.01. The van der Waals surface area contributed by atoms with Crippen molar-refractivity contribution in [2.45, 2.75) is 13.3 Å². The largest absolute Gasteiger partial charge is 0.350 e. The first-order chi connectivity index (χ1) is 9.20. The van der Waals surface area contributed by atoms with Crippen molar-refractivity contribution in [2.24, 2.45) is 7.05 Å². The molecule has 0 aliphatic heterocycles. The van der Waals surface area contributed by atoms with Crippen LogP contribution < -0.4 is 0 Å². The predicted octanol–water partition coefficient (Wildman–Crippen LogP) is 4.03. The van der Waals surface area contributed by atoms with Crippen LogP contribution in [0.3, 0.4) is 0 Å². The first-order valence-electron chi connectivity index (χ1n) is 6.38. The van der Waals surface area contributed by atoms with Crippen LogP contribution in [0.2, 0.25) is 0 Å². The second-order valence-electron chi connectivity index (χ2n) is 4.62. The van der Waals surface area contributed by atoms with Gasteiger partial charge in [0.25, 0.3) is 0 Å². The van der Waals surface area contributed by atoms with Crippen LogP contribution in [0, 0.1) is 0 Å². The molecule has 1 aromatic carbocycles. The zero-order valence-electron chi connectivity index (χ0n) is 11.0. The molecule has 0 atom stereocenters. The number of nitrogens with zero attached hydrogens (tertiary/aromatic N) is 1. The smallest absolute Gasteiger partial charge is 0.205 e. The fourth-order valence-corrected chi connectivity index (χ4v) is 3.25. The molecular weight excluding hydrogens is 254 g/mol. The molecule has 0 saturated carbocycles. The summed E-state index contributed by atoms with van der Waals surface area (Å²) in [6.45, 7) is 2.11. The van der Waals surface area contributed by atoms with E-state index in [0.717, 1.165) is 27.8 Å². The summed E-state index contributed by atoms with van der Waals surface area (Å²) >= 11 is 1.59. The maximum Gasteiger partial charge on any atom is 0.205 e. The van der Waals surface area contributed by atoms with Crippen LogP contribution in [0.5, 0.6) is 0 Å². The van der Waals surface area contributed by atoms with E-state index in [-0.39, 0.29) is 5.78 Å². The van der Waals surface area contributed by atoms with Crippen LogP contribution >= 0.6 is 11.3 Å². The van der Waals surface area contributed by atoms with Crippen molar-refractivity contribution in [1.29, 1.82) is 0 Å². The second kappa shape index (κ2) is 4.67. The third kappa shape index (κ3) is 2.00. The van der Waals surface area contributed by atoms with Crippen LogP contribution in [0.1, 0.15) is 27.0 Å². The Bertz CT molecular complexity index is 751. The summed E-state index contributed by atoms with van der Waals surface area (Å²) in [6, 6.07) is 12.0. The highest BCUT2D eigenvalue weighted by atomic mass is 32.1. The normalized spacial score (nSPS) is 11.1. The molecule has 2 nitrogen and oxygen atoms in total. The molecule has 0 aliphatic rings. The van der Waals surface area contributed by atoms with E-state index in [2.05, 4.69) is 6.92 Å². The minimum Gasteiger partial charge on any atom is -0.350 e. The minimum atomic E-state index is 0.126. The Morgan fingerprint density at radius 3 is 2.74 bits per heavy atom. The van der Waals surface area contributed by atoms with Gasteiger partial charge in [0.1, 0.15) is 0 Å². The number of hydrogen-bond acceptors (Lipinski definition) is 2. The molecule has 0 amide bonds. The first kappa shape index (κ1) is 12.2. The van der Waals surface area contributed by atoms with Crippen LogP contribution in [-0.4, -0.2) is 10.4 Å². The molecule has 3 heteroatoms. The zero-order chi connectivity index (χ0) is 13.4. The van der Waals surface area contributed by atoms with Gasteiger partial charge < -0.3 is 4.57 Å². The first-order valence-corrected chi connectivity index (χ1v) is 7.20. The van der Waals surface area contributed by atoms with Crippen LogP contribution in [0.25, 0.3) is 10.9 Å². The monoisotopic (exact) mass is 269 g/mol. The number of benzene rings is 1. The zero-order valence-corrected chi connectivity index (χ0v) is 11.8. The lowest BCUT2D eigenvalue weighted by Gasteiger charge is -1.95. The van der Waals surface area contributed by atoms with E-state index < -0.39 is 0 Å². The van der Waals surface area contributed by atoms with Crippen molar-refractivity contribution in [2.75, 3.05) is 0 Å². The lowest BCUT2D eigenvalue weighted by atomic mass is 10.1. The SMILES string of the molecule is CCc1ccc(C(=O)c2cn(C)c3ccccc23)s1. The number of fused-ring (bicyclic) bond motifs is 1. The van der Waals surface area contributed by atoms with Crippen LogP contribution in [-0.2, 0) is 13.5 Å². The van der Waals surface area contributed by atoms with E-state index in [9.17, 15) is 4.79 Å². The number of aryl methyl sites for hydroxylation is 2. The molecule has 0 N–H and O–H groups in total. The van der Waals surface area contributed by atoms with E-state index in [1.54, 1.807) is 11.3 Å². The van der Waals surface area contributed by atoms with E-state index >= 15 is 0 Å². The van der Waals surface area contributed by atoms with Gasteiger partial charge in [-0.1, -0.05) is 25.1 Å². The maximum absolute atomic E-state index is 12.6. The van der Waals surface area contributed by atoms with Gasteiger partial charge in [-0.05, 0) is 24.6 Å². The number of ketones is 1. The van der Waals surface area contributed by atoms with Gasteiger partial charge >= 0.3 is 0 Å². The summed E-state index contributed by atoms with van der Waals surface area (Å²) in [6.07, 6.45) is 2.91. The number of hydrogen-bond donors (Lipinski definition) is 0. The quantitative estimate of drug-likeness (QED) is 0.658. The predicted molar refractivity (Wildman–Crippen MR) is 80.0 cm³/mol. The molecule has 2 aromatic heterocycles. The van der Waals surface area contributed by atoms with Gasteiger partial charge in [-0.15, -0.1) is 11.3 Å². The van der Waals surface area contributed by atoms with Crippen LogP contribution in [0.15, 0.2) is 42.6 Å². The van der Waals surface area contributed by atoms with Crippen molar-refractivity contribution < 1.29 is 4.79 Å². The second-order valence-corrected chi connectivity index (χ2v) is 5.79. The lowest BCUT2D eigenvalue weighted by Crippen LogP contribution is -1.97. The Labute approximate surface area is 116 Å². The highest BCUT2D eigenvalue weighted by Crippen LogP contribution is 2.26. The third-order valence-electron chi connectivity index (χ3n) is 3.38. The molecule has 0 bridgehead atoms. The summed E-state index contributed by atoms with van der Waals surface area (Å²) in [5.74, 6) is 0.126. The standard InChI is InChI=1S/C16H15NOS/c1-3-11-8-9-15(19-11)16(18)13-10-17(2)14-7-5-4-6-12(13)14/h4-10H,3H2,1-2H3. The third-order valence-corrected chi connectivity index (χ3v) is 4.60. The van der Waals surface area contributed by atoms with Gasteiger partial charge in [0.15, 0.2) is 0 Å². The number of aromatic nitrogens is 1. The Balaban J connectivity index is 2.11.